The van der Waals surface area contributed by atoms with Crippen LogP contribution in [-0.4, -0.2) is 37.6 Å². The quantitative estimate of drug-likeness (QED) is 0.230. The third kappa shape index (κ3) is 5.78. The Labute approximate surface area is 214 Å². The maximum atomic E-state index is 12.8. The number of carbonyl (C=O) groups excluding carboxylic acids is 1. The van der Waals surface area contributed by atoms with E-state index in [9.17, 15) is 13.2 Å². The van der Waals surface area contributed by atoms with E-state index in [0.717, 1.165) is 18.5 Å². The minimum Gasteiger partial charge on any atom is -0.495 e. The number of amides is 2. The summed E-state index contributed by atoms with van der Waals surface area (Å²) in [7, 11) is -2.52. The van der Waals surface area contributed by atoms with Gasteiger partial charge in [-0.05, 0) is 61.4 Å². The van der Waals surface area contributed by atoms with E-state index in [4.69, 9.17) is 8.92 Å². The molecular formula is C26H27N5O5S. The molecule has 1 aromatic heterocycles. The molecule has 1 saturated carbocycles. The zero-order chi connectivity index (χ0) is 25.8. The van der Waals surface area contributed by atoms with Crippen LogP contribution in [0.5, 0.6) is 11.5 Å². The van der Waals surface area contributed by atoms with Gasteiger partial charge in [-0.2, -0.15) is 8.42 Å². The normalized spacial score (nSPS) is 13.9. The summed E-state index contributed by atoms with van der Waals surface area (Å²) in [5, 5.41) is 8.75. The van der Waals surface area contributed by atoms with E-state index >= 15 is 0 Å². The van der Waals surface area contributed by atoms with E-state index in [2.05, 4.69) is 25.9 Å². The Morgan fingerprint density at radius 2 is 1.76 bits per heavy atom. The van der Waals surface area contributed by atoms with Crippen molar-refractivity contribution >= 4 is 44.5 Å². The van der Waals surface area contributed by atoms with Gasteiger partial charge in [0.15, 0.2) is 0 Å². The minimum atomic E-state index is -4.04. The van der Waals surface area contributed by atoms with Crippen molar-refractivity contribution in [2.75, 3.05) is 23.1 Å². The van der Waals surface area contributed by atoms with E-state index < -0.39 is 16.1 Å². The summed E-state index contributed by atoms with van der Waals surface area (Å²) in [5.74, 6) is 0.815. The van der Waals surface area contributed by atoms with Gasteiger partial charge in [0, 0.05) is 17.8 Å². The molecule has 4 aromatic rings. The second-order valence-electron chi connectivity index (χ2n) is 8.73. The lowest BCUT2D eigenvalue weighted by atomic mass is 10.2. The van der Waals surface area contributed by atoms with Crippen LogP contribution in [0, 0.1) is 0 Å². The van der Waals surface area contributed by atoms with Gasteiger partial charge in [-0.3, -0.25) is 5.32 Å². The Hall–Kier alpha value is -4.25. The van der Waals surface area contributed by atoms with E-state index in [1.165, 1.54) is 44.2 Å². The molecule has 0 aliphatic heterocycles. The summed E-state index contributed by atoms with van der Waals surface area (Å²) >= 11 is 0. The van der Waals surface area contributed by atoms with Crippen molar-refractivity contribution < 1.29 is 22.1 Å². The molecule has 0 radical (unpaired) electrons. The monoisotopic (exact) mass is 521 g/mol. The Kier molecular flexibility index (Phi) is 6.87. The van der Waals surface area contributed by atoms with Crippen LogP contribution >= 0.6 is 0 Å². The molecule has 4 N–H and O–H groups in total. The molecule has 192 valence electrons. The maximum absolute atomic E-state index is 12.8. The van der Waals surface area contributed by atoms with Gasteiger partial charge in [0.05, 0.1) is 23.8 Å². The van der Waals surface area contributed by atoms with Crippen molar-refractivity contribution in [3.8, 4) is 11.5 Å². The number of fused-ring (bicyclic) bond motifs is 1. The molecule has 10 nitrogen and oxygen atoms in total. The van der Waals surface area contributed by atoms with Crippen LogP contribution in [0.1, 0.15) is 25.7 Å². The number of aromatic amines is 1. The molecule has 1 aliphatic rings. The average Bonchev–Trinajstić information content (AvgIpc) is 3.53. The number of anilines is 3. The lowest BCUT2D eigenvalue weighted by molar-refractivity contribution is 0.262. The second kappa shape index (κ2) is 10.4. The van der Waals surface area contributed by atoms with Gasteiger partial charge in [-0.25, -0.2) is 9.78 Å². The number of H-pyrrole nitrogens is 1. The molecule has 0 unspecified atom stereocenters. The number of rotatable bonds is 8. The highest BCUT2D eigenvalue weighted by atomic mass is 32.2. The number of urea groups is 1. The number of methoxy groups -OCH3 is 1. The van der Waals surface area contributed by atoms with Crippen molar-refractivity contribution in [1.82, 2.24) is 9.97 Å². The molecule has 2 amide bonds. The van der Waals surface area contributed by atoms with Crippen LogP contribution in [0.2, 0.25) is 0 Å². The highest BCUT2D eigenvalue weighted by Crippen LogP contribution is 2.27. The van der Waals surface area contributed by atoms with Crippen LogP contribution < -0.4 is 24.9 Å². The summed E-state index contributed by atoms with van der Waals surface area (Å²) in [6, 6.07) is 18.1. The average molecular weight is 522 g/mol. The summed E-state index contributed by atoms with van der Waals surface area (Å²) in [6.07, 6.45) is 4.68. The molecule has 0 bridgehead atoms. The fourth-order valence-electron chi connectivity index (χ4n) is 4.30. The highest BCUT2D eigenvalue weighted by molar-refractivity contribution is 7.87. The number of imidazole rings is 1. The molecule has 5 rings (SSSR count). The van der Waals surface area contributed by atoms with E-state index in [-0.39, 0.29) is 16.6 Å². The van der Waals surface area contributed by atoms with Crippen molar-refractivity contribution in [2.24, 2.45) is 0 Å². The first-order valence-corrected chi connectivity index (χ1v) is 13.3. The Balaban J connectivity index is 1.25. The Morgan fingerprint density at radius 1 is 1.00 bits per heavy atom. The van der Waals surface area contributed by atoms with Gasteiger partial charge in [-0.15, -0.1) is 0 Å². The van der Waals surface area contributed by atoms with Crippen LogP contribution in [-0.2, 0) is 10.1 Å². The third-order valence-electron chi connectivity index (χ3n) is 6.12. The molecule has 1 heterocycles. The fourth-order valence-corrected chi connectivity index (χ4v) is 5.23. The lowest BCUT2D eigenvalue weighted by Gasteiger charge is -2.14. The second-order valence-corrected chi connectivity index (χ2v) is 10.3. The number of hydrogen-bond acceptors (Lipinski definition) is 7. The molecule has 11 heteroatoms. The van der Waals surface area contributed by atoms with Crippen LogP contribution in [0.3, 0.4) is 0 Å². The van der Waals surface area contributed by atoms with E-state index in [1.807, 2.05) is 0 Å². The number of ether oxygens (including phenoxy) is 1. The number of para-hydroxylation sites is 2. The molecule has 0 saturated heterocycles. The van der Waals surface area contributed by atoms with Gasteiger partial charge in [0.2, 0.25) is 5.95 Å². The number of nitrogens with one attached hydrogen (secondary N) is 4. The predicted molar refractivity (Wildman–Crippen MR) is 142 cm³/mol. The van der Waals surface area contributed by atoms with E-state index in [1.54, 1.807) is 42.5 Å². The van der Waals surface area contributed by atoms with Gasteiger partial charge < -0.3 is 24.5 Å². The summed E-state index contributed by atoms with van der Waals surface area (Å²) in [6.45, 7) is 0. The SMILES string of the molecule is COc1ccccc1NC(=O)Nc1nc2cc(OS(=O)(=O)c3ccc(NC4CCCC4)cc3)ccc2[nH]1. The first-order chi connectivity index (χ1) is 17.9. The van der Waals surface area contributed by atoms with Gasteiger partial charge >= 0.3 is 16.1 Å². The van der Waals surface area contributed by atoms with Crippen molar-refractivity contribution in [3.63, 3.8) is 0 Å². The molecule has 1 aliphatic carbocycles. The topological polar surface area (TPSA) is 134 Å². The van der Waals surface area contributed by atoms with Crippen molar-refractivity contribution in [2.45, 2.75) is 36.6 Å². The van der Waals surface area contributed by atoms with E-state index in [0.29, 0.717) is 28.5 Å². The molecule has 3 aromatic carbocycles. The molecule has 0 atom stereocenters. The predicted octanol–water partition coefficient (Wildman–Crippen LogP) is 5.34. The zero-order valence-corrected chi connectivity index (χ0v) is 21.0. The largest absolute Gasteiger partial charge is 0.495 e. The molecule has 37 heavy (non-hydrogen) atoms. The van der Waals surface area contributed by atoms with Gasteiger partial charge in [0.25, 0.3) is 0 Å². The minimum absolute atomic E-state index is 0.0574. The Morgan fingerprint density at radius 3 is 2.51 bits per heavy atom. The number of carbonyl (C=O) groups is 1. The zero-order valence-electron chi connectivity index (χ0n) is 20.2. The summed E-state index contributed by atoms with van der Waals surface area (Å²) in [5.41, 5.74) is 2.41. The molecule has 0 spiro atoms. The summed E-state index contributed by atoms with van der Waals surface area (Å²) < 4.78 is 36.2. The highest BCUT2D eigenvalue weighted by Gasteiger charge is 2.19. The van der Waals surface area contributed by atoms with Crippen LogP contribution in [0.25, 0.3) is 11.0 Å². The number of nitrogens with zero attached hydrogens (tertiary/aromatic N) is 1. The Bertz CT molecular complexity index is 1510. The third-order valence-corrected chi connectivity index (χ3v) is 7.38. The lowest BCUT2D eigenvalue weighted by Crippen LogP contribution is -2.20. The smallest absolute Gasteiger partial charge is 0.339 e. The summed E-state index contributed by atoms with van der Waals surface area (Å²) in [4.78, 5) is 19.8. The van der Waals surface area contributed by atoms with Crippen LogP contribution in [0.4, 0.5) is 22.1 Å². The first kappa shape index (κ1) is 24.4. The standard InChI is InChI=1S/C26H27N5O5S/c1-35-24-9-5-4-8-22(24)30-26(32)31-25-28-21-15-12-19(16-23(21)29-25)36-37(33,34)20-13-10-18(11-14-20)27-17-6-2-3-7-17/h4-5,8-17,27H,2-3,6-7H2,1H3,(H3,28,29,30,31,32). The number of aromatic nitrogens is 2. The van der Waals surface area contributed by atoms with Gasteiger partial charge in [0.1, 0.15) is 16.4 Å². The first-order valence-electron chi connectivity index (χ1n) is 11.9. The van der Waals surface area contributed by atoms with Gasteiger partial charge in [-0.1, -0.05) is 25.0 Å². The van der Waals surface area contributed by atoms with Crippen molar-refractivity contribution in [1.29, 1.82) is 0 Å². The fraction of sp³-hybridized carbons (Fsp3) is 0.231. The maximum Gasteiger partial charge on any atom is 0.339 e. The number of hydrogen-bond donors (Lipinski definition) is 4. The molecular weight excluding hydrogens is 494 g/mol. The molecule has 1 fully saturated rings. The van der Waals surface area contributed by atoms with Crippen molar-refractivity contribution in [3.05, 3.63) is 66.7 Å². The number of benzene rings is 3. The van der Waals surface area contributed by atoms with Crippen LogP contribution in [0.15, 0.2) is 71.6 Å².